The third-order valence-electron chi connectivity index (χ3n) is 5.14. The standard InChI is InChI=1S/C20H28N2O2/c1-14-12-15-8-5-6-10-17(15)22(14)18(23)16-9-7-11-21(13-16)19(24)20(2,3)4/h5-6,8,10,14,16H,7,9,11-13H2,1-4H3/t14-,16-/m1/s1. The predicted molar refractivity (Wildman–Crippen MR) is 95.9 cm³/mol. The summed E-state index contributed by atoms with van der Waals surface area (Å²) in [5.74, 6) is 0.243. The molecule has 0 aromatic heterocycles. The summed E-state index contributed by atoms with van der Waals surface area (Å²) in [4.78, 5) is 29.6. The summed E-state index contributed by atoms with van der Waals surface area (Å²) in [5.41, 5.74) is 1.91. The number of amides is 2. The van der Waals surface area contributed by atoms with Crippen LogP contribution in [0.5, 0.6) is 0 Å². The summed E-state index contributed by atoms with van der Waals surface area (Å²) >= 11 is 0. The predicted octanol–water partition coefficient (Wildman–Crippen LogP) is 3.25. The minimum atomic E-state index is -0.390. The Labute approximate surface area is 144 Å². The Kier molecular flexibility index (Phi) is 4.41. The van der Waals surface area contributed by atoms with Crippen LogP contribution in [0.25, 0.3) is 0 Å². The molecule has 0 radical (unpaired) electrons. The van der Waals surface area contributed by atoms with Gasteiger partial charge in [-0.3, -0.25) is 9.59 Å². The van der Waals surface area contributed by atoms with E-state index in [2.05, 4.69) is 13.0 Å². The van der Waals surface area contributed by atoms with Gasteiger partial charge in [0.1, 0.15) is 0 Å². The molecule has 2 heterocycles. The molecule has 2 aliphatic rings. The zero-order valence-electron chi connectivity index (χ0n) is 15.2. The lowest BCUT2D eigenvalue weighted by atomic mass is 9.90. The maximum Gasteiger partial charge on any atom is 0.232 e. The third kappa shape index (κ3) is 3.06. The Bertz CT molecular complexity index is 647. The van der Waals surface area contributed by atoms with Gasteiger partial charge in [0, 0.05) is 30.2 Å². The number of carbonyl (C=O) groups is 2. The Morgan fingerprint density at radius 3 is 2.58 bits per heavy atom. The smallest absolute Gasteiger partial charge is 0.232 e. The summed E-state index contributed by atoms with van der Waals surface area (Å²) in [5, 5.41) is 0. The largest absolute Gasteiger partial charge is 0.341 e. The second-order valence-corrected chi connectivity index (χ2v) is 8.23. The second kappa shape index (κ2) is 6.23. The number of anilines is 1. The van der Waals surface area contributed by atoms with Crippen LogP contribution in [0.15, 0.2) is 24.3 Å². The normalized spacial score (nSPS) is 24.0. The fourth-order valence-corrected chi connectivity index (χ4v) is 3.94. The average molecular weight is 328 g/mol. The van der Waals surface area contributed by atoms with Crippen LogP contribution >= 0.6 is 0 Å². The first kappa shape index (κ1) is 17.0. The van der Waals surface area contributed by atoms with Crippen molar-refractivity contribution in [2.24, 2.45) is 11.3 Å². The number of para-hydroxylation sites is 1. The zero-order chi connectivity index (χ0) is 17.5. The van der Waals surface area contributed by atoms with E-state index in [4.69, 9.17) is 0 Å². The summed E-state index contributed by atoms with van der Waals surface area (Å²) in [7, 11) is 0. The molecule has 2 atom stereocenters. The molecule has 24 heavy (non-hydrogen) atoms. The average Bonchev–Trinajstić information content (AvgIpc) is 2.88. The summed E-state index contributed by atoms with van der Waals surface area (Å²) in [6, 6.07) is 8.37. The van der Waals surface area contributed by atoms with Gasteiger partial charge in [-0.1, -0.05) is 39.0 Å². The molecule has 0 bridgehead atoms. The Morgan fingerprint density at radius 2 is 1.88 bits per heavy atom. The molecule has 2 amide bonds. The maximum atomic E-state index is 13.2. The van der Waals surface area contributed by atoms with Crippen LogP contribution in [-0.4, -0.2) is 35.8 Å². The fraction of sp³-hybridized carbons (Fsp3) is 0.600. The molecule has 4 heteroatoms. The van der Waals surface area contributed by atoms with Gasteiger partial charge in [-0.05, 0) is 37.8 Å². The lowest BCUT2D eigenvalue weighted by Crippen LogP contribution is -2.50. The second-order valence-electron chi connectivity index (χ2n) is 8.23. The Morgan fingerprint density at radius 1 is 1.17 bits per heavy atom. The maximum absolute atomic E-state index is 13.2. The van der Waals surface area contributed by atoms with Gasteiger partial charge in [0.05, 0.1) is 5.92 Å². The van der Waals surface area contributed by atoms with Gasteiger partial charge in [0.2, 0.25) is 11.8 Å². The molecule has 1 saturated heterocycles. The molecule has 1 fully saturated rings. The van der Waals surface area contributed by atoms with Gasteiger partial charge in [0.25, 0.3) is 0 Å². The molecule has 3 rings (SSSR count). The van der Waals surface area contributed by atoms with Gasteiger partial charge in [-0.2, -0.15) is 0 Å². The van der Waals surface area contributed by atoms with Crippen molar-refractivity contribution in [2.45, 2.75) is 53.0 Å². The van der Waals surface area contributed by atoms with Crippen molar-refractivity contribution in [1.82, 2.24) is 4.90 Å². The zero-order valence-corrected chi connectivity index (χ0v) is 15.2. The quantitative estimate of drug-likeness (QED) is 0.794. The molecule has 130 valence electrons. The third-order valence-corrected chi connectivity index (χ3v) is 5.14. The first-order chi connectivity index (χ1) is 11.3. The minimum Gasteiger partial charge on any atom is -0.341 e. The van der Waals surface area contributed by atoms with Crippen LogP contribution in [0.1, 0.15) is 46.1 Å². The first-order valence-corrected chi connectivity index (χ1v) is 8.99. The molecule has 0 unspecified atom stereocenters. The van der Waals surface area contributed by atoms with Crippen LogP contribution in [0.4, 0.5) is 5.69 Å². The highest BCUT2D eigenvalue weighted by atomic mass is 16.2. The van der Waals surface area contributed by atoms with Crippen LogP contribution in [0.2, 0.25) is 0 Å². The van der Waals surface area contributed by atoms with Gasteiger partial charge < -0.3 is 9.80 Å². The minimum absolute atomic E-state index is 0.0846. The SMILES string of the molecule is C[C@@H]1Cc2ccccc2N1C(=O)[C@@H]1CCCN(C(=O)C(C)(C)C)C1. The molecule has 0 spiro atoms. The molecule has 1 aromatic rings. The molecule has 1 aromatic carbocycles. The molecule has 4 nitrogen and oxygen atoms in total. The number of nitrogens with zero attached hydrogens (tertiary/aromatic N) is 2. The van der Waals surface area contributed by atoms with Crippen LogP contribution in [-0.2, 0) is 16.0 Å². The van der Waals surface area contributed by atoms with E-state index in [0.29, 0.717) is 6.54 Å². The number of hydrogen-bond acceptors (Lipinski definition) is 2. The van der Waals surface area contributed by atoms with E-state index in [1.807, 2.05) is 48.8 Å². The van der Waals surface area contributed by atoms with Gasteiger partial charge in [-0.25, -0.2) is 0 Å². The van der Waals surface area contributed by atoms with Crippen LogP contribution < -0.4 is 4.90 Å². The summed E-state index contributed by atoms with van der Waals surface area (Å²) in [6.07, 6.45) is 2.69. The van der Waals surface area contributed by atoms with E-state index in [0.717, 1.165) is 31.5 Å². The Hall–Kier alpha value is -1.84. The summed E-state index contributed by atoms with van der Waals surface area (Å²) in [6.45, 7) is 9.27. The molecule has 2 aliphatic heterocycles. The van der Waals surface area contributed by atoms with E-state index in [1.54, 1.807) is 0 Å². The number of fused-ring (bicyclic) bond motifs is 1. The van der Waals surface area contributed by atoms with Crippen molar-refractivity contribution in [2.75, 3.05) is 18.0 Å². The number of benzene rings is 1. The van der Waals surface area contributed by atoms with Crippen molar-refractivity contribution >= 4 is 17.5 Å². The lowest BCUT2D eigenvalue weighted by molar-refractivity contribution is -0.142. The molecular formula is C20H28N2O2. The van der Waals surface area contributed by atoms with E-state index in [-0.39, 0.29) is 23.8 Å². The highest BCUT2D eigenvalue weighted by molar-refractivity contribution is 5.98. The van der Waals surface area contributed by atoms with Crippen LogP contribution in [0.3, 0.4) is 0 Å². The van der Waals surface area contributed by atoms with Crippen molar-refractivity contribution in [3.63, 3.8) is 0 Å². The van der Waals surface area contributed by atoms with E-state index < -0.39 is 5.41 Å². The monoisotopic (exact) mass is 328 g/mol. The van der Waals surface area contributed by atoms with E-state index in [9.17, 15) is 9.59 Å². The number of piperidine rings is 1. The number of rotatable bonds is 1. The van der Waals surface area contributed by atoms with Crippen molar-refractivity contribution < 1.29 is 9.59 Å². The van der Waals surface area contributed by atoms with Crippen molar-refractivity contribution in [1.29, 1.82) is 0 Å². The van der Waals surface area contributed by atoms with Gasteiger partial charge in [0.15, 0.2) is 0 Å². The topological polar surface area (TPSA) is 40.6 Å². The van der Waals surface area contributed by atoms with Crippen molar-refractivity contribution in [3.8, 4) is 0 Å². The van der Waals surface area contributed by atoms with E-state index in [1.165, 1.54) is 5.56 Å². The molecule has 0 aliphatic carbocycles. The van der Waals surface area contributed by atoms with E-state index >= 15 is 0 Å². The van der Waals surface area contributed by atoms with Gasteiger partial charge >= 0.3 is 0 Å². The number of likely N-dealkylation sites (tertiary alicyclic amines) is 1. The lowest BCUT2D eigenvalue weighted by Gasteiger charge is -2.37. The summed E-state index contributed by atoms with van der Waals surface area (Å²) < 4.78 is 0. The molecule has 0 N–H and O–H groups in total. The number of carbonyl (C=O) groups excluding carboxylic acids is 2. The molecular weight excluding hydrogens is 300 g/mol. The molecule has 0 saturated carbocycles. The van der Waals surface area contributed by atoms with Gasteiger partial charge in [-0.15, -0.1) is 0 Å². The first-order valence-electron chi connectivity index (χ1n) is 8.99. The number of hydrogen-bond donors (Lipinski definition) is 0. The van der Waals surface area contributed by atoms with Crippen molar-refractivity contribution in [3.05, 3.63) is 29.8 Å². The highest BCUT2D eigenvalue weighted by Crippen LogP contribution is 2.34. The Balaban J connectivity index is 1.77. The fourth-order valence-electron chi connectivity index (χ4n) is 3.94. The highest BCUT2D eigenvalue weighted by Gasteiger charge is 2.38. The van der Waals surface area contributed by atoms with Crippen LogP contribution in [0, 0.1) is 11.3 Å².